The van der Waals surface area contributed by atoms with Crippen molar-refractivity contribution >= 4 is 34.5 Å². The summed E-state index contributed by atoms with van der Waals surface area (Å²) in [5.74, 6) is -0.254. The number of thiophene rings is 1. The van der Waals surface area contributed by atoms with Gasteiger partial charge < -0.3 is 19.9 Å². The van der Waals surface area contributed by atoms with Crippen molar-refractivity contribution in [2.45, 2.75) is 6.92 Å². The number of carbonyl (C=O) groups is 2. The second-order valence-corrected chi connectivity index (χ2v) is 7.91. The smallest absolute Gasteiger partial charge is 0.276 e. The van der Waals surface area contributed by atoms with E-state index in [2.05, 4.69) is 25.6 Å². The molecule has 1 aliphatic heterocycles. The zero-order valence-electron chi connectivity index (χ0n) is 16.7. The predicted molar refractivity (Wildman–Crippen MR) is 115 cm³/mol. The number of H-pyrrole nitrogens is 1. The minimum atomic E-state index is -0.161. The number of carbonyl (C=O) groups excluding carboxylic acids is 2. The Morgan fingerprint density at radius 1 is 1.07 bits per heavy atom. The van der Waals surface area contributed by atoms with Gasteiger partial charge in [0, 0.05) is 37.6 Å². The number of amides is 2. The molecule has 0 saturated carbocycles. The molecule has 4 rings (SSSR count). The molecular weight excluding hydrogens is 404 g/mol. The molecular formula is C20H22N6O3S. The number of methoxy groups -OCH3 is 1. The van der Waals surface area contributed by atoms with Crippen LogP contribution in [0.2, 0.25) is 0 Å². The van der Waals surface area contributed by atoms with Crippen molar-refractivity contribution in [3.63, 3.8) is 0 Å². The van der Waals surface area contributed by atoms with E-state index in [-0.39, 0.29) is 11.8 Å². The fourth-order valence-electron chi connectivity index (χ4n) is 3.30. The van der Waals surface area contributed by atoms with E-state index < -0.39 is 0 Å². The lowest BCUT2D eigenvalue weighted by Crippen LogP contribution is -2.49. The summed E-state index contributed by atoms with van der Waals surface area (Å²) in [4.78, 5) is 29.5. The molecule has 2 N–H and O–H groups in total. The number of aromatic amines is 1. The van der Waals surface area contributed by atoms with Crippen LogP contribution in [0.25, 0.3) is 0 Å². The van der Waals surface area contributed by atoms with Crippen molar-refractivity contribution < 1.29 is 14.3 Å². The van der Waals surface area contributed by atoms with Gasteiger partial charge in [-0.2, -0.15) is 15.4 Å². The second kappa shape index (κ2) is 8.54. The molecule has 0 atom stereocenters. The Morgan fingerprint density at radius 3 is 2.40 bits per heavy atom. The normalized spacial score (nSPS) is 13.9. The van der Waals surface area contributed by atoms with Gasteiger partial charge in [-0.3, -0.25) is 9.59 Å². The third-order valence-corrected chi connectivity index (χ3v) is 6.03. The van der Waals surface area contributed by atoms with Crippen molar-refractivity contribution in [3.05, 3.63) is 52.7 Å². The summed E-state index contributed by atoms with van der Waals surface area (Å²) in [6.07, 6.45) is 0. The number of nitrogens with zero attached hydrogens (tertiary/aromatic N) is 4. The Morgan fingerprint density at radius 2 is 1.80 bits per heavy atom. The van der Waals surface area contributed by atoms with E-state index in [4.69, 9.17) is 4.74 Å². The Labute approximate surface area is 177 Å². The highest BCUT2D eigenvalue weighted by Crippen LogP contribution is 2.25. The average molecular weight is 427 g/mol. The third kappa shape index (κ3) is 4.13. The maximum Gasteiger partial charge on any atom is 0.276 e. The molecule has 0 radical (unpaired) electrons. The molecule has 1 saturated heterocycles. The molecule has 30 heavy (non-hydrogen) atoms. The van der Waals surface area contributed by atoms with Gasteiger partial charge in [0.05, 0.1) is 17.7 Å². The number of benzene rings is 1. The van der Waals surface area contributed by atoms with Gasteiger partial charge in [-0.15, -0.1) is 0 Å². The van der Waals surface area contributed by atoms with E-state index in [1.807, 2.05) is 24.3 Å². The quantitative estimate of drug-likeness (QED) is 0.649. The van der Waals surface area contributed by atoms with E-state index in [0.717, 1.165) is 24.5 Å². The Balaban J connectivity index is 1.33. The fraction of sp³-hybridized carbons (Fsp3) is 0.300. The van der Waals surface area contributed by atoms with Crippen molar-refractivity contribution in [2.75, 3.05) is 43.5 Å². The maximum atomic E-state index is 12.5. The summed E-state index contributed by atoms with van der Waals surface area (Å²) in [6, 6.07) is 11.2. The molecule has 1 aromatic carbocycles. The van der Waals surface area contributed by atoms with Crippen LogP contribution in [-0.4, -0.2) is 65.4 Å². The van der Waals surface area contributed by atoms with Crippen LogP contribution in [0.4, 0.5) is 11.4 Å². The Kier molecular flexibility index (Phi) is 5.66. The highest BCUT2D eigenvalue weighted by molar-refractivity contribution is 7.15. The van der Waals surface area contributed by atoms with Gasteiger partial charge >= 0.3 is 0 Å². The van der Waals surface area contributed by atoms with Crippen LogP contribution in [0, 0.1) is 6.92 Å². The van der Waals surface area contributed by atoms with Crippen LogP contribution in [0.3, 0.4) is 0 Å². The molecule has 3 heterocycles. The van der Waals surface area contributed by atoms with Crippen LogP contribution < -0.4 is 15.0 Å². The topological polar surface area (TPSA) is 103 Å². The molecule has 10 heteroatoms. The number of hydrogen-bond acceptors (Lipinski definition) is 7. The van der Waals surface area contributed by atoms with Crippen molar-refractivity contribution in [1.82, 2.24) is 20.3 Å². The number of hydrogen-bond donors (Lipinski definition) is 2. The number of nitrogens with one attached hydrogen (secondary N) is 2. The van der Waals surface area contributed by atoms with Gasteiger partial charge in [-0.05, 0) is 43.3 Å². The highest BCUT2D eigenvalue weighted by atomic mass is 32.1. The molecule has 156 valence electrons. The van der Waals surface area contributed by atoms with Crippen LogP contribution in [0.1, 0.15) is 25.9 Å². The average Bonchev–Trinajstić information content (AvgIpc) is 3.43. The molecule has 2 amide bonds. The van der Waals surface area contributed by atoms with E-state index in [0.29, 0.717) is 34.4 Å². The molecule has 0 aliphatic carbocycles. The van der Waals surface area contributed by atoms with Crippen molar-refractivity contribution in [2.24, 2.45) is 0 Å². The number of aryl methyl sites for hydroxylation is 1. The van der Waals surface area contributed by atoms with Crippen molar-refractivity contribution in [3.8, 4) is 5.06 Å². The van der Waals surface area contributed by atoms with Gasteiger partial charge in [-0.1, -0.05) is 11.3 Å². The zero-order valence-corrected chi connectivity index (χ0v) is 17.5. The van der Waals surface area contributed by atoms with Crippen LogP contribution in [0.15, 0.2) is 36.4 Å². The standard InChI is InChI=1S/C20H22N6O3S/c1-13-18(23-24-22-13)20(28)26-11-9-25(10-12-26)15-5-3-14(4-6-15)21-19(27)16-7-8-17(29-2)30-16/h3-8H,9-12H2,1-2H3,(H,21,27)(H,22,23,24). The number of anilines is 2. The molecule has 0 bridgehead atoms. The first-order valence-corrected chi connectivity index (χ1v) is 10.3. The largest absolute Gasteiger partial charge is 0.487 e. The summed E-state index contributed by atoms with van der Waals surface area (Å²) < 4.78 is 5.13. The highest BCUT2D eigenvalue weighted by Gasteiger charge is 2.25. The van der Waals surface area contributed by atoms with E-state index >= 15 is 0 Å². The lowest BCUT2D eigenvalue weighted by molar-refractivity contribution is 0.0740. The second-order valence-electron chi connectivity index (χ2n) is 6.86. The van der Waals surface area contributed by atoms with Gasteiger partial charge in [0.15, 0.2) is 10.8 Å². The predicted octanol–water partition coefficient (Wildman–Crippen LogP) is 2.40. The van der Waals surface area contributed by atoms with Gasteiger partial charge in [0.1, 0.15) is 0 Å². The Bertz CT molecular complexity index is 1040. The maximum absolute atomic E-state index is 12.5. The van der Waals surface area contributed by atoms with Crippen LogP contribution in [0.5, 0.6) is 5.06 Å². The van der Waals surface area contributed by atoms with Gasteiger partial charge in [0.25, 0.3) is 11.8 Å². The lowest BCUT2D eigenvalue weighted by Gasteiger charge is -2.35. The molecule has 3 aromatic rings. The van der Waals surface area contributed by atoms with Crippen LogP contribution >= 0.6 is 11.3 Å². The summed E-state index contributed by atoms with van der Waals surface area (Å²) in [5, 5.41) is 14.0. The summed E-state index contributed by atoms with van der Waals surface area (Å²) in [7, 11) is 1.58. The number of rotatable bonds is 5. The van der Waals surface area contributed by atoms with Crippen LogP contribution in [-0.2, 0) is 0 Å². The zero-order chi connectivity index (χ0) is 21.1. The first-order chi connectivity index (χ1) is 14.5. The summed E-state index contributed by atoms with van der Waals surface area (Å²) in [5.41, 5.74) is 2.77. The number of piperazine rings is 1. The first kappa shape index (κ1) is 19.9. The van der Waals surface area contributed by atoms with E-state index in [9.17, 15) is 9.59 Å². The minimum absolute atomic E-state index is 0.0934. The monoisotopic (exact) mass is 426 g/mol. The molecule has 0 unspecified atom stereocenters. The molecule has 1 aliphatic rings. The number of ether oxygens (including phenoxy) is 1. The van der Waals surface area contributed by atoms with Gasteiger partial charge in [-0.25, -0.2) is 0 Å². The molecule has 2 aromatic heterocycles. The summed E-state index contributed by atoms with van der Waals surface area (Å²) >= 11 is 1.30. The molecule has 1 fully saturated rings. The Hall–Kier alpha value is -3.40. The van der Waals surface area contributed by atoms with E-state index in [1.54, 1.807) is 31.1 Å². The van der Waals surface area contributed by atoms with Gasteiger partial charge in [0.2, 0.25) is 0 Å². The van der Waals surface area contributed by atoms with E-state index in [1.165, 1.54) is 11.3 Å². The summed E-state index contributed by atoms with van der Waals surface area (Å²) in [6.45, 7) is 4.45. The first-order valence-electron chi connectivity index (χ1n) is 9.52. The SMILES string of the molecule is COc1ccc(C(=O)Nc2ccc(N3CCN(C(=O)c4n[nH]nc4C)CC3)cc2)s1. The lowest BCUT2D eigenvalue weighted by atomic mass is 10.2. The fourth-order valence-corrected chi connectivity index (χ4v) is 4.02. The minimum Gasteiger partial charge on any atom is -0.487 e. The third-order valence-electron chi connectivity index (χ3n) is 4.99. The molecule has 0 spiro atoms. The van der Waals surface area contributed by atoms with Crippen molar-refractivity contribution in [1.29, 1.82) is 0 Å². The number of aromatic nitrogens is 3. The molecule has 9 nitrogen and oxygen atoms in total.